The van der Waals surface area contributed by atoms with Crippen LogP contribution in [-0.2, 0) is 6.54 Å². The number of rotatable bonds is 9. The van der Waals surface area contributed by atoms with E-state index in [-0.39, 0.29) is 5.91 Å². The van der Waals surface area contributed by atoms with Crippen LogP contribution in [0.5, 0.6) is 17.2 Å². The van der Waals surface area contributed by atoms with Crippen molar-refractivity contribution in [3.8, 4) is 28.6 Å². The summed E-state index contributed by atoms with van der Waals surface area (Å²) in [5.41, 5.74) is 2.04. The topological polar surface area (TPSA) is 74.0 Å². The molecule has 0 unspecified atom stereocenters. The van der Waals surface area contributed by atoms with Gasteiger partial charge in [-0.1, -0.05) is 37.2 Å². The lowest BCUT2D eigenvalue weighted by molar-refractivity contribution is 0.0719. The maximum Gasteiger partial charge on any atom is 0.254 e. The van der Waals surface area contributed by atoms with E-state index < -0.39 is 0 Å². The highest BCUT2D eigenvalue weighted by molar-refractivity contribution is 5.94. The summed E-state index contributed by atoms with van der Waals surface area (Å²) >= 11 is 0. The third kappa shape index (κ3) is 5.17. The van der Waals surface area contributed by atoms with E-state index in [9.17, 15) is 4.79 Å². The number of hydrogen-bond acceptors (Lipinski definition) is 6. The van der Waals surface area contributed by atoms with Crippen LogP contribution in [-0.4, -0.2) is 43.8 Å². The number of hydrogen-bond donors (Lipinski definition) is 0. The molecule has 2 aromatic carbocycles. The van der Waals surface area contributed by atoms with Crippen LogP contribution < -0.4 is 14.2 Å². The SMILES string of the molecule is COc1cc(-c2cc(CN(CC(C)C)C(=O)c3ccccc3)no2)cc(OC)c1OC. The summed E-state index contributed by atoms with van der Waals surface area (Å²) in [6, 6.07) is 14.7. The van der Waals surface area contributed by atoms with Crippen LogP contribution in [0.25, 0.3) is 11.3 Å². The third-order valence-corrected chi connectivity index (χ3v) is 4.75. The van der Waals surface area contributed by atoms with Crippen molar-refractivity contribution < 1.29 is 23.5 Å². The summed E-state index contributed by atoms with van der Waals surface area (Å²) in [6.45, 7) is 5.12. The highest BCUT2D eigenvalue weighted by Gasteiger charge is 2.21. The Morgan fingerprint density at radius 1 is 1.00 bits per heavy atom. The molecule has 31 heavy (non-hydrogen) atoms. The highest BCUT2D eigenvalue weighted by Crippen LogP contribution is 2.41. The maximum absolute atomic E-state index is 13.0. The molecule has 0 aliphatic rings. The Labute approximate surface area is 182 Å². The lowest BCUT2D eigenvalue weighted by Gasteiger charge is -2.23. The Kier molecular flexibility index (Phi) is 7.18. The summed E-state index contributed by atoms with van der Waals surface area (Å²) in [7, 11) is 4.68. The van der Waals surface area contributed by atoms with E-state index >= 15 is 0 Å². The molecule has 0 spiro atoms. The van der Waals surface area contributed by atoms with Crippen molar-refractivity contribution in [2.45, 2.75) is 20.4 Å². The van der Waals surface area contributed by atoms with Gasteiger partial charge in [-0.2, -0.15) is 0 Å². The number of nitrogens with zero attached hydrogens (tertiary/aromatic N) is 2. The molecule has 7 nitrogen and oxygen atoms in total. The number of ether oxygens (including phenoxy) is 3. The van der Waals surface area contributed by atoms with Gasteiger partial charge in [-0.15, -0.1) is 0 Å². The molecule has 0 fully saturated rings. The number of methoxy groups -OCH3 is 3. The zero-order valence-corrected chi connectivity index (χ0v) is 18.5. The van der Waals surface area contributed by atoms with Gasteiger partial charge in [0, 0.05) is 23.7 Å². The summed E-state index contributed by atoms with van der Waals surface area (Å²) in [4.78, 5) is 14.8. The first-order valence-electron chi connectivity index (χ1n) is 10.1. The van der Waals surface area contributed by atoms with Crippen molar-refractivity contribution in [1.29, 1.82) is 0 Å². The molecule has 3 aromatic rings. The lowest BCUT2D eigenvalue weighted by Crippen LogP contribution is -2.33. The second-order valence-corrected chi connectivity index (χ2v) is 7.54. The van der Waals surface area contributed by atoms with Crippen LogP contribution in [0.15, 0.2) is 53.1 Å². The molecular weight excluding hydrogens is 396 g/mol. The minimum atomic E-state index is -0.0355. The van der Waals surface area contributed by atoms with Gasteiger partial charge in [0.25, 0.3) is 5.91 Å². The van der Waals surface area contributed by atoms with E-state index in [4.69, 9.17) is 18.7 Å². The Morgan fingerprint density at radius 2 is 1.65 bits per heavy atom. The number of amides is 1. The van der Waals surface area contributed by atoms with Gasteiger partial charge in [-0.05, 0) is 30.2 Å². The van der Waals surface area contributed by atoms with Gasteiger partial charge in [0.05, 0.1) is 27.9 Å². The summed E-state index contributed by atoms with van der Waals surface area (Å²) < 4.78 is 21.8. The zero-order valence-electron chi connectivity index (χ0n) is 18.5. The average Bonchev–Trinajstić information content (AvgIpc) is 3.25. The predicted molar refractivity (Wildman–Crippen MR) is 118 cm³/mol. The predicted octanol–water partition coefficient (Wildman–Crippen LogP) is 4.67. The number of aromatic nitrogens is 1. The first-order chi connectivity index (χ1) is 15.0. The second-order valence-electron chi connectivity index (χ2n) is 7.54. The molecule has 0 bridgehead atoms. The van der Waals surface area contributed by atoms with Crippen LogP contribution >= 0.6 is 0 Å². The molecule has 0 aliphatic carbocycles. The van der Waals surface area contributed by atoms with E-state index in [0.717, 1.165) is 5.56 Å². The van der Waals surface area contributed by atoms with Gasteiger partial charge in [0.15, 0.2) is 17.3 Å². The Morgan fingerprint density at radius 3 is 2.19 bits per heavy atom. The number of carbonyl (C=O) groups excluding carboxylic acids is 1. The Hall–Kier alpha value is -3.48. The molecule has 3 rings (SSSR count). The summed E-state index contributed by atoms with van der Waals surface area (Å²) in [6.07, 6.45) is 0. The fraction of sp³-hybridized carbons (Fsp3) is 0.333. The summed E-state index contributed by atoms with van der Waals surface area (Å²) in [5, 5.41) is 4.19. The first-order valence-corrected chi connectivity index (χ1v) is 10.1. The molecule has 0 aliphatic heterocycles. The lowest BCUT2D eigenvalue weighted by atomic mass is 10.1. The van der Waals surface area contributed by atoms with E-state index in [0.29, 0.717) is 53.3 Å². The fourth-order valence-electron chi connectivity index (χ4n) is 3.36. The van der Waals surface area contributed by atoms with Crippen molar-refractivity contribution in [1.82, 2.24) is 10.1 Å². The molecule has 164 valence electrons. The van der Waals surface area contributed by atoms with E-state index in [1.807, 2.05) is 36.4 Å². The van der Waals surface area contributed by atoms with Crippen LogP contribution in [0.1, 0.15) is 29.9 Å². The standard InChI is InChI=1S/C24H28N2O5/c1-16(2)14-26(24(27)17-9-7-6-8-10-17)15-19-13-20(31-25-19)18-11-21(28-3)23(30-5)22(12-18)29-4/h6-13,16H,14-15H2,1-5H3. The molecule has 0 saturated carbocycles. The van der Waals surface area contributed by atoms with Gasteiger partial charge in [-0.25, -0.2) is 0 Å². The van der Waals surface area contributed by atoms with Crippen molar-refractivity contribution in [2.75, 3.05) is 27.9 Å². The summed E-state index contributed by atoms with van der Waals surface area (Å²) in [5.74, 6) is 2.38. The van der Waals surface area contributed by atoms with Gasteiger partial charge < -0.3 is 23.6 Å². The van der Waals surface area contributed by atoms with Gasteiger partial charge in [0.1, 0.15) is 5.69 Å². The molecule has 0 N–H and O–H groups in total. The molecule has 0 atom stereocenters. The largest absolute Gasteiger partial charge is 0.493 e. The van der Waals surface area contributed by atoms with Gasteiger partial charge in [0.2, 0.25) is 5.75 Å². The van der Waals surface area contributed by atoms with Crippen molar-refractivity contribution >= 4 is 5.91 Å². The normalized spacial score (nSPS) is 10.8. The van der Waals surface area contributed by atoms with E-state index in [2.05, 4.69) is 19.0 Å². The number of benzene rings is 2. The minimum absolute atomic E-state index is 0.0355. The van der Waals surface area contributed by atoms with Gasteiger partial charge in [-0.3, -0.25) is 4.79 Å². The fourth-order valence-corrected chi connectivity index (χ4v) is 3.36. The molecule has 0 radical (unpaired) electrons. The minimum Gasteiger partial charge on any atom is -0.493 e. The average molecular weight is 424 g/mol. The van der Waals surface area contributed by atoms with Crippen LogP contribution in [0.2, 0.25) is 0 Å². The zero-order chi connectivity index (χ0) is 22.4. The molecule has 1 aromatic heterocycles. The van der Waals surface area contributed by atoms with Gasteiger partial charge >= 0.3 is 0 Å². The molecular formula is C24H28N2O5. The van der Waals surface area contributed by atoms with Crippen molar-refractivity contribution in [3.05, 3.63) is 59.8 Å². The Balaban J connectivity index is 1.87. The van der Waals surface area contributed by atoms with Crippen molar-refractivity contribution in [3.63, 3.8) is 0 Å². The molecule has 1 amide bonds. The maximum atomic E-state index is 13.0. The van der Waals surface area contributed by atoms with Crippen LogP contribution in [0.3, 0.4) is 0 Å². The van der Waals surface area contributed by atoms with Crippen LogP contribution in [0.4, 0.5) is 0 Å². The molecule has 7 heteroatoms. The van der Waals surface area contributed by atoms with Crippen molar-refractivity contribution in [2.24, 2.45) is 5.92 Å². The van der Waals surface area contributed by atoms with E-state index in [1.165, 1.54) is 0 Å². The first kappa shape index (κ1) is 22.2. The van der Waals surface area contributed by atoms with Crippen LogP contribution in [0, 0.1) is 5.92 Å². The Bertz CT molecular complexity index is 989. The quantitative estimate of drug-likeness (QED) is 0.497. The number of carbonyl (C=O) groups is 1. The monoisotopic (exact) mass is 424 g/mol. The highest BCUT2D eigenvalue weighted by atomic mass is 16.5. The van der Waals surface area contributed by atoms with E-state index in [1.54, 1.807) is 38.4 Å². The second kappa shape index (κ2) is 10.0. The smallest absolute Gasteiger partial charge is 0.254 e. The third-order valence-electron chi connectivity index (χ3n) is 4.75. The molecule has 0 saturated heterocycles. The molecule has 1 heterocycles.